The number of amides is 2. The summed E-state index contributed by atoms with van der Waals surface area (Å²) < 4.78 is 13.4. The van der Waals surface area contributed by atoms with E-state index in [2.05, 4.69) is 5.32 Å². The molecule has 0 saturated carbocycles. The molecule has 1 heterocycles. The number of nitrogens with zero attached hydrogens (tertiary/aromatic N) is 1. The molecule has 150 valence electrons. The lowest BCUT2D eigenvalue weighted by molar-refractivity contribution is -0.120. The third-order valence-corrected chi connectivity index (χ3v) is 5.40. The average molecular weight is 441 g/mol. The molecule has 1 N–H and O–H groups in total. The van der Waals surface area contributed by atoms with Gasteiger partial charge in [0.2, 0.25) is 0 Å². The summed E-state index contributed by atoms with van der Waals surface area (Å²) in [5.41, 5.74) is 2.47. The highest BCUT2D eigenvalue weighted by Crippen LogP contribution is 2.34. The topological polar surface area (TPSA) is 49.4 Å². The molecule has 3 aromatic carbocycles. The number of nitrogens with one attached hydrogen (secondary N) is 1. The highest BCUT2D eigenvalue weighted by atomic mass is 35.5. The molecule has 7 heteroatoms. The monoisotopic (exact) mass is 440 g/mol. The van der Waals surface area contributed by atoms with E-state index in [1.807, 2.05) is 6.92 Å². The predicted molar refractivity (Wildman–Crippen MR) is 117 cm³/mol. The van der Waals surface area contributed by atoms with Crippen LogP contribution in [-0.4, -0.2) is 11.8 Å². The van der Waals surface area contributed by atoms with Gasteiger partial charge in [0.05, 0.1) is 11.3 Å². The van der Waals surface area contributed by atoms with Crippen LogP contribution in [0.2, 0.25) is 10.0 Å². The van der Waals surface area contributed by atoms with Crippen LogP contribution >= 0.6 is 23.2 Å². The smallest absolute Gasteiger partial charge is 0.282 e. The number of anilines is 2. The first-order chi connectivity index (χ1) is 14.3. The van der Waals surface area contributed by atoms with Crippen molar-refractivity contribution >= 4 is 52.0 Å². The molecule has 0 unspecified atom stereocenters. The fraction of sp³-hybridized carbons (Fsp3) is 0.0435. The predicted octanol–water partition coefficient (Wildman–Crippen LogP) is 5.84. The zero-order valence-electron chi connectivity index (χ0n) is 15.7. The zero-order chi connectivity index (χ0) is 21.4. The summed E-state index contributed by atoms with van der Waals surface area (Å²) in [6, 6.07) is 17.0. The van der Waals surface area contributed by atoms with Gasteiger partial charge in [0, 0.05) is 15.7 Å². The molecule has 0 saturated heterocycles. The van der Waals surface area contributed by atoms with Gasteiger partial charge in [0.1, 0.15) is 11.5 Å². The number of halogens is 3. The van der Waals surface area contributed by atoms with Gasteiger partial charge in [-0.25, -0.2) is 9.29 Å². The number of hydrogen-bond donors (Lipinski definition) is 1. The van der Waals surface area contributed by atoms with Gasteiger partial charge in [-0.3, -0.25) is 9.59 Å². The molecular formula is C23H15Cl2FN2O2. The minimum atomic E-state index is -0.529. The first-order valence-corrected chi connectivity index (χ1v) is 9.78. The van der Waals surface area contributed by atoms with Crippen molar-refractivity contribution in [3.63, 3.8) is 0 Å². The van der Waals surface area contributed by atoms with E-state index in [0.717, 1.165) is 10.5 Å². The van der Waals surface area contributed by atoms with Crippen molar-refractivity contribution in [3.05, 3.63) is 99.4 Å². The van der Waals surface area contributed by atoms with Crippen LogP contribution in [-0.2, 0) is 9.59 Å². The molecule has 0 atom stereocenters. The Bertz CT molecular complexity index is 1190. The van der Waals surface area contributed by atoms with Crippen LogP contribution in [0.25, 0.3) is 5.57 Å². The lowest BCUT2D eigenvalue weighted by Gasteiger charge is -2.15. The summed E-state index contributed by atoms with van der Waals surface area (Å²) in [5, 5.41) is 4.03. The van der Waals surface area contributed by atoms with Gasteiger partial charge in [-0.1, -0.05) is 41.4 Å². The second-order valence-electron chi connectivity index (χ2n) is 6.77. The van der Waals surface area contributed by atoms with Crippen molar-refractivity contribution in [1.29, 1.82) is 0 Å². The van der Waals surface area contributed by atoms with Crippen LogP contribution in [0, 0.1) is 12.7 Å². The fourth-order valence-electron chi connectivity index (χ4n) is 3.17. The third-order valence-electron chi connectivity index (χ3n) is 4.74. The van der Waals surface area contributed by atoms with Crippen LogP contribution in [0.5, 0.6) is 0 Å². The number of imide groups is 1. The highest BCUT2D eigenvalue weighted by Gasteiger charge is 2.40. The van der Waals surface area contributed by atoms with Crippen molar-refractivity contribution in [1.82, 2.24) is 0 Å². The first-order valence-electron chi connectivity index (χ1n) is 9.03. The second kappa shape index (κ2) is 7.94. The normalized spacial score (nSPS) is 13.9. The van der Waals surface area contributed by atoms with Crippen molar-refractivity contribution in [3.8, 4) is 0 Å². The molecule has 1 aliphatic heterocycles. The molecule has 0 fully saturated rings. The number of rotatable bonds is 4. The second-order valence-corrected chi connectivity index (χ2v) is 7.61. The summed E-state index contributed by atoms with van der Waals surface area (Å²) in [4.78, 5) is 27.6. The summed E-state index contributed by atoms with van der Waals surface area (Å²) in [7, 11) is 0. The fourth-order valence-corrected chi connectivity index (χ4v) is 3.48. The Morgan fingerprint density at radius 2 is 1.53 bits per heavy atom. The maximum Gasteiger partial charge on any atom is 0.282 e. The molecule has 30 heavy (non-hydrogen) atoms. The number of carbonyl (C=O) groups excluding carboxylic acids is 2. The van der Waals surface area contributed by atoms with Crippen molar-refractivity contribution in [2.45, 2.75) is 6.92 Å². The molecule has 0 aromatic heterocycles. The molecule has 1 aliphatic rings. The van der Waals surface area contributed by atoms with Crippen molar-refractivity contribution in [2.24, 2.45) is 0 Å². The van der Waals surface area contributed by atoms with Gasteiger partial charge in [0.25, 0.3) is 11.8 Å². The summed E-state index contributed by atoms with van der Waals surface area (Å²) in [6.07, 6.45) is 0. The lowest BCUT2D eigenvalue weighted by Crippen LogP contribution is -2.32. The zero-order valence-corrected chi connectivity index (χ0v) is 17.3. The Labute approximate surface area is 182 Å². The Kier molecular flexibility index (Phi) is 5.33. The van der Waals surface area contributed by atoms with Crippen molar-refractivity contribution < 1.29 is 14.0 Å². The van der Waals surface area contributed by atoms with Gasteiger partial charge in [-0.05, 0) is 66.6 Å². The summed E-state index contributed by atoms with van der Waals surface area (Å²) >= 11 is 12.1. The summed E-state index contributed by atoms with van der Waals surface area (Å²) in [6.45, 7) is 1.86. The number of aryl methyl sites for hydroxylation is 1. The van der Waals surface area contributed by atoms with Gasteiger partial charge < -0.3 is 5.32 Å². The Morgan fingerprint density at radius 3 is 2.17 bits per heavy atom. The van der Waals surface area contributed by atoms with E-state index in [1.54, 1.807) is 42.5 Å². The van der Waals surface area contributed by atoms with Crippen molar-refractivity contribution in [2.75, 3.05) is 10.2 Å². The molecule has 4 rings (SSSR count). The van der Waals surface area contributed by atoms with Crippen LogP contribution in [0.1, 0.15) is 11.1 Å². The van der Waals surface area contributed by atoms with Crippen LogP contribution in [0.4, 0.5) is 15.8 Å². The van der Waals surface area contributed by atoms with E-state index >= 15 is 0 Å². The largest absolute Gasteiger partial charge is 0.350 e. The lowest BCUT2D eigenvalue weighted by atomic mass is 10.0. The van der Waals surface area contributed by atoms with Crippen LogP contribution < -0.4 is 10.2 Å². The van der Waals surface area contributed by atoms with Crippen LogP contribution in [0.15, 0.2) is 72.4 Å². The maximum atomic E-state index is 13.4. The Hall–Kier alpha value is -3.15. The highest BCUT2D eigenvalue weighted by molar-refractivity contribution is 6.46. The summed E-state index contributed by atoms with van der Waals surface area (Å²) in [5.74, 6) is -1.49. The van der Waals surface area contributed by atoms with Gasteiger partial charge in [-0.2, -0.15) is 0 Å². The molecule has 3 aromatic rings. The molecular weight excluding hydrogens is 426 g/mol. The Balaban J connectivity index is 1.82. The average Bonchev–Trinajstić information content (AvgIpc) is 2.96. The van der Waals surface area contributed by atoms with E-state index in [0.29, 0.717) is 27.0 Å². The number of hydrogen-bond acceptors (Lipinski definition) is 3. The number of carbonyl (C=O) groups is 2. The maximum absolute atomic E-state index is 13.4. The van der Waals surface area contributed by atoms with E-state index < -0.39 is 17.6 Å². The molecule has 2 amide bonds. The SMILES string of the molecule is Cc1ccc(NC2=C(c3ccc(F)cc3)C(=O)N(c3ccc(Cl)cc3)C2=O)cc1Cl. The van der Waals surface area contributed by atoms with Crippen LogP contribution in [0.3, 0.4) is 0 Å². The molecule has 0 radical (unpaired) electrons. The number of benzene rings is 3. The molecule has 4 nitrogen and oxygen atoms in total. The third kappa shape index (κ3) is 3.70. The van der Waals surface area contributed by atoms with Gasteiger partial charge >= 0.3 is 0 Å². The van der Waals surface area contributed by atoms with Gasteiger partial charge in [0.15, 0.2) is 0 Å². The van der Waals surface area contributed by atoms with E-state index in [9.17, 15) is 14.0 Å². The van der Waals surface area contributed by atoms with E-state index in [-0.39, 0.29) is 11.3 Å². The first kappa shape index (κ1) is 20.1. The molecule has 0 spiro atoms. The van der Waals surface area contributed by atoms with E-state index in [4.69, 9.17) is 23.2 Å². The quantitative estimate of drug-likeness (QED) is 0.518. The molecule has 0 aliphatic carbocycles. The Morgan fingerprint density at radius 1 is 0.867 bits per heavy atom. The standard InChI is InChI=1S/C23H15Cl2FN2O2/c1-13-2-9-17(12-19(13)25)27-21-20(14-3-7-16(26)8-4-14)22(29)28(23(21)30)18-10-5-15(24)6-11-18/h2-12,27H,1H3. The minimum absolute atomic E-state index is 0.0847. The minimum Gasteiger partial charge on any atom is -0.350 e. The van der Waals surface area contributed by atoms with E-state index in [1.165, 1.54) is 24.3 Å². The van der Waals surface area contributed by atoms with Gasteiger partial charge in [-0.15, -0.1) is 0 Å². The molecule has 0 bridgehead atoms.